The Morgan fingerprint density at radius 1 is 1.15 bits per heavy atom. The van der Waals surface area contributed by atoms with Crippen molar-refractivity contribution in [3.8, 4) is 0 Å². The number of aliphatic imine (C=N–C) groups is 1. The fraction of sp³-hybridized carbons (Fsp3) is 0.333. The van der Waals surface area contributed by atoms with E-state index in [1.54, 1.807) is 6.07 Å². The Morgan fingerprint density at radius 3 is 2.48 bits per heavy atom. The number of hydrogen-bond donors (Lipinski definition) is 2. The molecule has 1 unspecified atom stereocenters. The largest absolute Gasteiger partial charge is 0.465 e. The number of nitrogens with one attached hydrogen (secondary N) is 1. The number of benzene rings is 1. The van der Waals surface area contributed by atoms with Crippen LogP contribution in [-0.4, -0.2) is 41.4 Å². The molecular weight excluding hydrogens is 481 g/mol. The van der Waals surface area contributed by atoms with E-state index >= 15 is 0 Å². The molecule has 180 valence electrons. The van der Waals surface area contributed by atoms with Crippen LogP contribution < -0.4 is 11.1 Å². The third-order valence-electron chi connectivity index (χ3n) is 3.94. The SMILES string of the molecule is CF.FC(F)F.NC1=NC(c2cc(Nc3ncnc4sc(C(F)F)nc34)ccc2F)CCO1. The summed E-state index contributed by atoms with van der Waals surface area (Å²) >= 11 is 0.801. The number of amidine groups is 1. The first-order chi connectivity index (χ1) is 15.7. The zero-order valence-corrected chi connectivity index (χ0v) is 17.6. The number of anilines is 2. The van der Waals surface area contributed by atoms with E-state index in [-0.39, 0.29) is 22.4 Å². The van der Waals surface area contributed by atoms with E-state index in [0.717, 1.165) is 11.3 Å². The second-order valence-electron chi connectivity index (χ2n) is 5.96. The highest BCUT2D eigenvalue weighted by molar-refractivity contribution is 7.18. The van der Waals surface area contributed by atoms with Crippen molar-refractivity contribution in [1.29, 1.82) is 0 Å². The van der Waals surface area contributed by atoms with Crippen LogP contribution in [0.1, 0.15) is 29.5 Å². The van der Waals surface area contributed by atoms with Crippen molar-refractivity contribution in [2.45, 2.75) is 25.6 Å². The first kappa shape index (κ1) is 26.0. The van der Waals surface area contributed by atoms with Crippen LogP contribution in [0.25, 0.3) is 10.3 Å². The van der Waals surface area contributed by atoms with Gasteiger partial charge in [-0.3, -0.25) is 4.39 Å². The molecule has 2 aromatic heterocycles. The van der Waals surface area contributed by atoms with Crippen LogP contribution in [0, 0.1) is 5.82 Å². The van der Waals surface area contributed by atoms with E-state index in [9.17, 15) is 30.7 Å². The molecular formula is C18H17F7N6OS. The van der Waals surface area contributed by atoms with Crippen molar-refractivity contribution in [2.75, 3.05) is 19.1 Å². The van der Waals surface area contributed by atoms with Gasteiger partial charge in [0.15, 0.2) is 10.8 Å². The molecule has 0 fully saturated rings. The number of halogens is 7. The van der Waals surface area contributed by atoms with Gasteiger partial charge < -0.3 is 15.8 Å². The molecule has 0 radical (unpaired) electrons. The Kier molecular flexibility index (Phi) is 9.57. The smallest absolute Gasteiger partial charge is 0.379 e. The number of hydrogen-bond acceptors (Lipinski definition) is 8. The molecule has 4 rings (SSSR count). The highest BCUT2D eigenvalue weighted by atomic mass is 32.1. The summed E-state index contributed by atoms with van der Waals surface area (Å²) in [7, 11) is 0.500. The second kappa shape index (κ2) is 12.1. The Hall–Kier alpha value is -3.23. The lowest BCUT2D eigenvalue weighted by Gasteiger charge is -2.20. The Balaban J connectivity index is 0.000000582. The lowest BCUT2D eigenvalue weighted by molar-refractivity contribution is 0.00819. The number of alkyl halides is 6. The van der Waals surface area contributed by atoms with Gasteiger partial charge in [0.1, 0.15) is 22.5 Å². The van der Waals surface area contributed by atoms with Crippen LogP contribution in [0.3, 0.4) is 0 Å². The number of nitrogens with two attached hydrogens (primary N) is 1. The van der Waals surface area contributed by atoms with E-state index in [0.29, 0.717) is 36.3 Å². The average Bonchev–Trinajstić information content (AvgIpc) is 3.22. The van der Waals surface area contributed by atoms with E-state index in [1.807, 2.05) is 0 Å². The van der Waals surface area contributed by atoms with Gasteiger partial charge >= 0.3 is 6.68 Å². The van der Waals surface area contributed by atoms with Crippen LogP contribution in [0.4, 0.5) is 42.2 Å². The van der Waals surface area contributed by atoms with Crippen molar-refractivity contribution < 1.29 is 35.5 Å². The number of rotatable bonds is 4. The number of thiazole rings is 1. The predicted molar refractivity (Wildman–Crippen MR) is 109 cm³/mol. The van der Waals surface area contributed by atoms with Gasteiger partial charge in [-0.25, -0.2) is 33.1 Å². The molecule has 1 aliphatic rings. The molecule has 1 atom stereocenters. The van der Waals surface area contributed by atoms with Gasteiger partial charge in [0.25, 0.3) is 12.4 Å². The zero-order chi connectivity index (χ0) is 24.5. The first-order valence-corrected chi connectivity index (χ1v) is 9.78. The molecule has 0 saturated carbocycles. The van der Waals surface area contributed by atoms with Gasteiger partial charge in [0.2, 0.25) is 0 Å². The van der Waals surface area contributed by atoms with Crippen LogP contribution in [0.15, 0.2) is 29.5 Å². The zero-order valence-electron chi connectivity index (χ0n) is 16.8. The molecule has 15 heteroatoms. The number of aromatic nitrogens is 3. The van der Waals surface area contributed by atoms with Gasteiger partial charge in [-0.1, -0.05) is 11.3 Å². The molecule has 0 spiro atoms. The molecule has 7 nitrogen and oxygen atoms in total. The third-order valence-corrected chi connectivity index (χ3v) is 4.91. The predicted octanol–water partition coefficient (Wildman–Crippen LogP) is 5.45. The topological polar surface area (TPSA) is 98.3 Å². The van der Waals surface area contributed by atoms with E-state index < -0.39 is 25.0 Å². The summed E-state index contributed by atoms with van der Waals surface area (Å²) in [5.41, 5.74) is 6.66. The number of fused-ring (bicyclic) bond motifs is 1. The molecule has 3 N–H and O–H groups in total. The summed E-state index contributed by atoms with van der Waals surface area (Å²) in [6.45, 7) is -3.32. The Bertz CT molecular complexity index is 1080. The minimum Gasteiger partial charge on any atom is -0.465 e. The molecule has 1 aromatic carbocycles. The maximum Gasteiger partial charge on any atom is 0.379 e. The minimum absolute atomic E-state index is 0.0172. The fourth-order valence-corrected chi connectivity index (χ4v) is 3.49. The van der Waals surface area contributed by atoms with E-state index in [4.69, 9.17) is 10.5 Å². The fourth-order valence-electron chi connectivity index (χ4n) is 2.72. The molecule has 33 heavy (non-hydrogen) atoms. The summed E-state index contributed by atoms with van der Waals surface area (Å²) in [6, 6.07) is 3.94. The number of nitrogens with zero attached hydrogens (tertiary/aromatic N) is 4. The van der Waals surface area contributed by atoms with Gasteiger partial charge in [-0.15, -0.1) is 0 Å². The summed E-state index contributed by atoms with van der Waals surface area (Å²) in [5, 5.41) is 2.65. The lowest BCUT2D eigenvalue weighted by Crippen LogP contribution is -2.24. The average molecular weight is 498 g/mol. The van der Waals surface area contributed by atoms with Gasteiger partial charge in [-0.05, 0) is 18.2 Å². The summed E-state index contributed by atoms with van der Waals surface area (Å²) in [6.07, 6.45) is -0.944. The summed E-state index contributed by atoms with van der Waals surface area (Å²) in [4.78, 5) is 16.4. The van der Waals surface area contributed by atoms with Crippen molar-refractivity contribution in [3.05, 3.63) is 40.9 Å². The molecule has 0 saturated heterocycles. The van der Waals surface area contributed by atoms with Crippen LogP contribution in [0.2, 0.25) is 0 Å². The van der Waals surface area contributed by atoms with Crippen LogP contribution in [-0.2, 0) is 4.74 Å². The maximum absolute atomic E-state index is 14.3. The van der Waals surface area contributed by atoms with Crippen molar-refractivity contribution >= 4 is 39.2 Å². The Morgan fingerprint density at radius 2 is 1.85 bits per heavy atom. The monoisotopic (exact) mass is 498 g/mol. The highest BCUT2D eigenvalue weighted by Gasteiger charge is 2.21. The molecule has 1 aliphatic heterocycles. The quantitative estimate of drug-likeness (QED) is 0.465. The summed E-state index contributed by atoms with van der Waals surface area (Å²) < 4.78 is 83.6. The summed E-state index contributed by atoms with van der Waals surface area (Å²) in [5.74, 6) is -0.166. The van der Waals surface area contributed by atoms with Crippen molar-refractivity contribution in [2.24, 2.45) is 10.7 Å². The maximum atomic E-state index is 14.3. The normalized spacial score (nSPS) is 15.2. The van der Waals surface area contributed by atoms with Crippen molar-refractivity contribution in [3.63, 3.8) is 0 Å². The third kappa shape index (κ3) is 7.13. The second-order valence-corrected chi connectivity index (χ2v) is 6.97. The van der Waals surface area contributed by atoms with Crippen molar-refractivity contribution in [1.82, 2.24) is 15.0 Å². The van der Waals surface area contributed by atoms with E-state index in [2.05, 4.69) is 25.3 Å². The molecule has 3 heterocycles. The number of ether oxygens (including phenoxy) is 1. The van der Waals surface area contributed by atoms with Gasteiger partial charge in [0.05, 0.1) is 19.8 Å². The highest BCUT2D eigenvalue weighted by Crippen LogP contribution is 2.33. The molecule has 3 aromatic rings. The van der Waals surface area contributed by atoms with Gasteiger partial charge in [0, 0.05) is 17.7 Å². The molecule has 0 aliphatic carbocycles. The van der Waals surface area contributed by atoms with Crippen LogP contribution in [0.5, 0.6) is 0 Å². The van der Waals surface area contributed by atoms with E-state index in [1.165, 1.54) is 18.5 Å². The lowest BCUT2D eigenvalue weighted by atomic mass is 10.0. The van der Waals surface area contributed by atoms with Gasteiger partial charge in [-0.2, -0.15) is 13.2 Å². The van der Waals surface area contributed by atoms with Crippen LogP contribution >= 0.6 is 11.3 Å². The Labute approximate surface area is 186 Å². The molecule has 0 amide bonds. The first-order valence-electron chi connectivity index (χ1n) is 8.96. The standard InChI is InChI=1S/C16H13F3N6OS.CHF3.CH3F/c17-9-2-1-7(5-8(9)10-3-4-26-16(20)24-10)23-13-11-14(22-6-21-13)27-15(25-11)12(18)19;2-1(3)4;1-2/h1-2,5-6,10,12H,3-4H2,(H2,20,24)(H,21,22,23);1H;1H3. The molecule has 0 bridgehead atoms. The minimum atomic E-state index is -3.67.